The van der Waals surface area contributed by atoms with E-state index in [9.17, 15) is 18.0 Å². The van der Waals surface area contributed by atoms with Crippen molar-refractivity contribution in [1.29, 1.82) is 5.26 Å². The molecule has 0 bridgehead atoms. The van der Waals surface area contributed by atoms with E-state index in [1.807, 2.05) is 29.3 Å². The fourth-order valence-electron chi connectivity index (χ4n) is 3.62. The smallest absolute Gasteiger partial charge is 0.475 e. The van der Waals surface area contributed by atoms with E-state index in [-0.39, 0.29) is 11.8 Å². The SMILES string of the molecule is N#Cc1ccc(N2C[C@H]3CN(Cc4cccnc4)C(=O)[C@H]3C2)nc1.O=C(O)C(F)(F)F. The molecular formula is C20H18F3N5O3. The van der Waals surface area contributed by atoms with Crippen LogP contribution in [0.1, 0.15) is 11.1 Å². The second-order valence-corrected chi connectivity index (χ2v) is 7.17. The number of nitriles is 1. The fourth-order valence-corrected chi connectivity index (χ4v) is 3.62. The van der Waals surface area contributed by atoms with Crippen LogP contribution in [0.25, 0.3) is 0 Å². The number of carbonyl (C=O) groups excluding carboxylic acids is 1. The first-order valence-corrected chi connectivity index (χ1v) is 9.28. The van der Waals surface area contributed by atoms with Crippen LogP contribution in [0.3, 0.4) is 0 Å². The predicted molar refractivity (Wildman–Crippen MR) is 101 cm³/mol. The summed E-state index contributed by atoms with van der Waals surface area (Å²) in [6, 6.07) is 9.60. The quantitative estimate of drug-likeness (QED) is 0.789. The number of hydrogen-bond acceptors (Lipinski definition) is 6. The molecule has 2 aromatic heterocycles. The summed E-state index contributed by atoms with van der Waals surface area (Å²) in [5, 5.41) is 16.0. The van der Waals surface area contributed by atoms with Gasteiger partial charge in [-0.1, -0.05) is 6.07 Å². The van der Waals surface area contributed by atoms with Crippen LogP contribution in [-0.4, -0.2) is 57.7 Å². The first kappa shape index (κ1) is 22.0. The molecule has 11 heteroatoms. The van der Waals surface area contributed by atoms with Gasteiger partial charge >= 0.3 is 12.1 Å². The molecule has 0 aliphatic carbocycles. The molecule has 1 N–H and O–H groups in total. The lowest BCUT2D eigenvalue weighted by Crippen LogP contribution is -2.32. The van der Waals surface area contributed by atoms with Crippen LogP contribution < -0.4 is 4.90 Å². The Balaban J connectivity index is 0.000000339. The lowest BCUT2D eigenvalue weighted by atomic mass is 10.0. The molecule has 2 aliphatic rings. The third-order valence-corrected chi connectivity index (χ3v) is 5.06. The number of fused-ring (bicyclic) bond motifs is 1. The number of halogens is 3. The van der Waals surface area contributed by atoms with Gasteiger partial charge in [-0.05, 0) is 23.8 Å². The zero-order valence-corrected chi connectivity index (χ0v) is 16.2. The number of nitrogens with zero attached hydrogens (tertiary/aromatic N) is 5. The average Bonchev–Trinajstić information content (AvgIpc) is 3.28. The Morgan fingerprint density at radius 1 is 1.23 bits per heavy atom. The number of aliphatic carboxylic acids is 1. The van der Waals surface area contributed by atoms with Crippen molar-refractivity contribution in [2.24, 2.45) is 11.8 Å². The molecule has 4 rings (SSSR count). The molecule has 2 saturated heterocycles. The number of likely N-dealkylation sites (tertiary alicyclic amines) is 1. The molecule has 162 valence electrons. The van der Waals surface area contributed by atoms with Gasteiger partial charge in [0, 0.05) is 50.7 Å². The van der Waals surface area contributed by atoms with Crippen LogP contribution in [0.2, 0.25) is 0 Å². The molecular weight excluding hydrogens is 415 g/mol. The van der Waals surface area contributed by atoms with Crippen molar-refractivity contribution in [1.82, 2.24) is 14.9 Å². The monoisotopic (exact) mass is 433 g/mol. The van der Waals surface area contributed by atoms with Gasteiger partial charge in [0.2, 0.25) is 5.91 Å². The third-order valence-electron chi connectivity index (χ3n) is 5.06. The molecule has 0 saturated carbocycles. The van der Waals surface area contributed by atoms with Crippen LogP contribution in [0, 0.1) is 23.2 Å². The highest BCUT2D eigenvalue weighted by Gasteiger charge is 2.46. The van der Waals surface area contributed by atoms with Gasteiger partial charge < -0.3 is 14.9 Å². The largest absolute Gasteiger partial charge is 0.490 e. The van der Waals surface area contributed by atoms with Gasteiger partial charge in [0.05, 0.1) is 11.5 Å². The Hall–Kier alpha value is -3.68. The molecule has 2 aliphatic heterocycles. The van der Waals surface area contributed by atoms with Crippen LogP contribution in [0.4, 0.5) is 19.0 Å². The maximum Gasteiger partial charge on any atom is 0.490 e. The van der Waals surface area contributed by atoms with Gasteiger partial charge in [-0.3, -0.25) is 9.78 Å². The number of alkyl halides is 3. The number of rotatable bonds is 3. The van der Waals surface area contributed by atoms with E-state index in [0.29, 0.717) is 24.6 Å². The zero-order valence-electron chi connectivity index (χ0n) is 16.2. The van der Waals surface area contributed by atoms with Crippen molar-refractivity contribution >= 4 is 17.7 Å². The van der Waals surface area contributed by atoms with E-state index < -0.39 is 12.1 Å². The van der Waals surface area contributed by atoms with E-state index >= 15 is 0 Å². The topological polar surface area (TPSA) is 110 Å². The summed E-state index contributed by atoms with van der Waals surface area (Å²) < 4.78 is 31.7. The average molecular weight is 433 g/mol. The van der Waals surface area contributed by atoms with Crippen molar-refractivity contribution in [3.63, 3.8) is 0 Å². The van der Waals surface area contributed by atoms with Gasteiger partial charge in [0.1, 0.15) is 11.9 Å². The predicted octanol–water partition coefficient (Wildman–Crippen LogP) is 2.08. The lowest BCUT2D eigenvalue weighted by Gasteiger charge is -2.22. The zero-order chi connectivity index (χ0) is 22.6. The van der Waals surface area contributed by atoms with Gasteiger partial charge in [-0.2, -0.15) is 18.4 Å². The minimum Gasteiger partial charge on any atom is -0.475 e. The first-order valence-electron chi connectivity index (χ1n) is 9.28. The molecule has 8 nitrogen and oxygen atoms in total. The van der Waals surface area contributed by atoms with Crippen LogP contribution >= 0.6 is 0 Å². The van der Waals surface area contributed by atoms with E-state index in [0.717, 1.165) is 24.5 Å². The summed E-state index contributed by atoms with van der Waals surface area (Å²) in [5.74, 6) is -1.31. The summed E-state index contributed by atoms with van der Waals surface area (Å²) in [5.41, 5.74) is 1.62. The third kappa shape index (κ3) is 5.28. The molecule has 0 radical (unpaired) electrons. The molecule has 0 unspecified atom stereocenters. The summed E-state index contributed by atoms with van der Waals surface area (Å²) in [4.78, 5) is 34.1. The molecule has 4 heterocycles. The Morgan fingerprint density at radius 2 is 1.97 bits per heavy atom. The number of amides is 1. The molecule has 1 amide bonds. The van der Waals surface area contributed by atoms with E-state index in [1.165, 1.54) is 0 Å². The van der Waals surface area contributed by atoms with Crippen molar-refractivity contribution in [2.45, 2.75) is 12.7 Å². The number of anilines is 1. The van der Waals surface area contributed by atoms with E-state index in [2.05, 4.69) is 20.9 Å². The van der Waals surface area contributed by atoms with E-state index in [1.54, 1.807) is 18.5 Å². The number of aromatic nitrogens is 2. The van der Waals surface area contributed by atoms with Crippen molar-refractivity contribution in [2.75, 3.05) is 24.5 Å². The minimum atomic E-state index is -5.08. The lowest BCUT2D eigenvalue weighted by molar-refractivity contribution is -0.192. The highest BCUT2D eigenvalue weighted by molar-refractivity contribution is 5.83. The summed E-state index contributed by atoms with van der Waals surface area (Å²) >= 11 is 0. The number of carbonyl (C=O) groups is 2. The van der Waals surface area contributed by atoms with Gasteiger partial charge in [0.25, 0.3) is 0 Å². The summed E-state index contributed by atoms with van der Waals surface area (Å²) in [6.07, 6.45) is 0.0564. The summed E-state index contributed by atoms with van der Waals surface area (Å²) in [7, 11) is 0. The van der Waals surface area contributed by atoms with Gasteiger partial charge in [0.15, 0.2) is 0 Å². The van der Waals surface area contributed by atoms with Crippen LogP contribution in [-0.2, 0) is 16.1 Å². The number of carboxylic acids is 1. The molecule has 0 spiro atoms. The first-order chi connectivity index (χ1) is 14.7. The normalized spacial score (nSPS) is 20.0. The highest BCUT2D eigenvalue weighted by Crippen LogP contribution is 2.34. The molecule has 2 aromatic rings. The minimum absolute atomic E-state index is 0.0408. The number of carboxylic acid groups (broad SMARTS) is 1. The Kier molecular flexibility index (Phi) is 6.39. The second-order valence-electron chi connectivity index (χ2n) is 7.17. The van der Waals surface area contributed by atoms with Gasteiger partial charge in [-0.15, -0.1) is 0 Å². The molecule has 31 heavy (non-hydrogen) atoms. The van der Waals surface area contributed by atoms with Crippen molar-refractivity contribution < 1.29 is 27.9 Å². The fraction of sp³-hybridized carbons (Fsp3) is 0.350. The standard InChI is InChI=1S/C18H17N5O.C2HF3O2/c19-6-13-3-4-17(21-8-13)22-10-15-11-23(18(24)16(15)12-22)9-14-2-1-5-20-7-14;3-2(4,5)1(6)7/h1-5,7-8,15-16H,9-12H2;(H,6,7)/t15-,16-;/m0./s1. The van der Waals surface area contributed by atoms with Crippen molar-refractivity contribution in [3.05, 3.63) is 54.0 Å². The maximum absolute atomic E-state index is 12.7. The summed E-state index contributed by atoms with van der Waals surface area (Å²) in [6.45, 7) is 2.95. The number of hydrogen-bond donors (Lipinski definition) is 1. The Bertz CT molecular complexity index is 976. The van der Waals surface area contributed by atoms with Crippen LogP contribution in [0.5, 0.6) is 0 Å². The Labute approximate surface area is 175 Å². The molecule has 2 atom stereocenters. The van der Waals surface area contributed by atoms with Crippen LogP contribution in [0.15, 0.2) is 42.9 Å². The van der Waals surface area contributed by atoms with E-state index in [4.69, 9.17) is 15.2 Å². The second kappa shape index (κ2) is 8.99. The molecule has 2 fully saturated rings. The number of pyridine rings is 2. The Morgan fingerprint density at radius 3 is 2.48 bits per heavy atom. The van der Waals surface area contributed by atoms with Gasteiger partial charge in [-0.25, -0.2) is 9.78 Å². The van der Waals surface area contributed by atoms with Crippen molar-refractivity contribution in [3.8, 4) is 6.07 Å². The highest BCUT2D eigenvalue weighted by atomic mass is 19.4. The molecule has 0 aromatic carbocycles. The maximum atomic E-state index is 12.7.